The summed E-state index contributed by atoms with van der Waals surface area (Å²) in [5.41, 5.74) is 4.81. The van der Waals surface area contributed by atoms with Gasteiger partial charge in [-0.3, -0.25) is 9.59 Å². The van der Waals surface area contributed by atoms with Crippen molar-refractivity contribution in [1.29, 1.82) is 0 Å². The second-order valence-corrected chi connectivity index (χ2v) is 10.0. The largest absolute Gasteiger partial charge is 0.513 e. The Kier molecular flexibility index (Phi) is 14.3. The van der Waals surface area contributed by atoms with Crippen molar-refractivity contribution in [2.24, 2.45) is 17.6 Å². The summed E-state index contributed by atoms with van der Waals surface area (Å²) in [5, 5.41) is 9.88. The lowest BCUT2D eigenvalue weighted by atomic mass is 9.86. The molecule has 1 rings (SSSR count). The maximum absolute atomic E-state index is 12.3. The molecule has 0 saturated carbocycles. The zero-order chi connectivity index (χ0) is 29.6. The lowest BCUT2D eigenvalue weighted by molar-refractivity contribution is -0.153. The monoisotopic (exact) mass is 553 g/mol. The molecule has 11 nitrogen and oxygen atoms in total. The van der Waals surface area contributed by atoms with E-state index in [0.29, 0.717) is 12.0 Å². The summed E-state index contributed by atoms with van der Waals surface area (Å²) < 4.78 is 26.1. The average molecular weight is 554 g/mol. The van der Waals surface area contributed by atoms with E-state index in [1.807, 2.05) is 34.6 Å². The number of carboxylic acid groups (broad SMARTS) is 1. The molecule has 4 atom stereocenters. The van der Waals surface area contributed by atoms with E-state index < -0.39 is 35.9 Å². The van der Waals surface area contributed by atoms with E-state index in [4.69, 9.17) is 29.4 Å². The van der Waals surface area contributed by atoms with Crippen LogP contribution < -0.4 is 15.2 Å². The minimum atomic E-state index is -1.81. The Bertz CT molecular complexity index is 966. The summed E-state index contributed by atoms with van der Waals surface area (Å²) in [4.78, 5) is 48.5. The Balaban J connectivity index is 3.16. The number of rotatable bonds is 16. The Morgan fingerprint density at radius 3 is 1.92 bits per heavy atom. The highest BCUT2D eigenvalue weighted by Gasteiger charge is 2.37. The van der Waals surface area contributed by atoms with Crippen LogP contribution in [0.5, 0.6) is 11.5 Å². The van der Waals surface area contributed by atoms with E-state index in [-0.39, 0.29) is 55.8 Å². The van der Waals surface area contributed by atoms with Gasteiger partial charge in [-0.05, 0) is 42.9 Å². The fourth-order valence-corrected chi connectivity index (χ4v) is 3.36. The maximum atomic E-state index is 12.3. The molecular formula is C28H43NO10. The van der Waals surface area contributed by atoms with Crippen molar-refractivity contribution in [3.63, 3.8) is 0 Å². The van der Waals surface area contributed by atoms with Crippen LogP contribution in [0.25, 0.3) is 0 Å². The molecule has 0 amide bonds. The number of carbonyl (C=O) groups excluding carboxylic acids is 3. The lowest BCUT2D eigenvalue weighted by Crippen LogP contribution is -2.52. The van der Waals surface area contributed by atoms with Crippen LogP contribution in [0.2, 0.25) is 0 Å². The minimum absolute atomic E-state index is 0.108. The molecule has 0 aliphatic carbocycles. The molecule has 39 heavy (non-hydrogen) atoms. The Hall–Kier alpha value is -3.34. The molecule has 1 aromatic rings. The molecular weight excluding hydrogens is 510 g/mol. The van der Waals surface area contributed by atoms with Gasteiger partial charge in [0.15, 0.2) is 11.5 Å². The third-order valence-electron chi connectivity index (χ3n) is 6.14. The van der Waals surface area contributed by atoms with E-state index in [0.717, 1.165) is 12.8 Å². The van der Waals surface area contributed by atoms with Crippen LogP contribution in [-0.4, -0.2) is 54.2 Å². The van der Waals surface area contributed by atoms with Gasteiger partial charge < -0.3 is 34.5 Å². The van der Waals surface area contributed by atoms with Crippen molar-refractivity contribution in [2.75, 3.05) is 13.2 Å². The quantitative estimate of drug-likeness (QED) is 0.156. The summed E-state index contributed by atoms with van der Waals surface area (Å²) in [7, 11) is 0. The molecule has 0 radical (unpaired) electrons. The predicted molar refractivity (Wildman–Crippen MR) is 143 cm³/mol. The van der Waals surface area contributed by atoms with E-state index in [1.165, 1.54) is 18.2 Å². The molecule has 0 fully saturated rings. The number of hydrogen-bond acceptors (Lipinski definition) is 10. The number of carboxylic acids is 1. The van der Waals surface area contributed by atoms with Gasteiger partial charge in [-0.15, -0.1) is 0 Å². The Labute approximate surface area is 230 Å². The van der Waals surface area contributed by atoms with Gasteiger partial charge in [0, 0.05) is 19.3 Å². The number of nitrogens with two attached hydrogens (primary N) is 1. The third kappa shape index (κ3) is 12.4. The van der Waals surface area contributed by atoms with Gasteiger partial charge in [0.1, 0.15) is 11.6 Å². The standard InChI is InChI=1S/C28H43NO10/c1-7-10-24(30)37-20(6)14-28(29,25(31)32)15-21-11-12-22(38-26(33)35-16-18(4)8-2)23(13-21)39-27(34)36-17-19(5)9-3/h11-13,18-20H,7-10,14-17,29H2,1-6H3,(H,31,32)/t18?,19?,20-,28?/m0/s1. The Morgan fingerprint density at radius 1 is 0.897 bits per heavy atom. The molecule has 0 heterocycles. The van der Waals surface area contributed by atoms with Gasteiger partial charge in [-0.25, -0.2) is 9.59 Å². The number of hydrogen-bond donors (Lipinski definition) is 2. The van der Waals surface area contributed by atoms with Gasteiger partial charge in [0.2, 0.25) is 0 Å². The summed E-state index contributed by atoms with van der Waals surface area (Å²) in [6.45, 7) is 11.4. The van der Waals surface area contributed by atoms with Crippen molar-refractivity contribution in [3.05, 3.63) is 23.8 Å². The van der Waals surface area contributed by atoms with Gasteiger partial charge in [-0.2, -0.15) is 0 Å². The number of ether oxygens (including phenoxy) is 5. The van der Waals surface area contributed by atoms with Crippen LogP contribution in [0.1, 0.15) is 79.2 Å². The SMILES string of the molecule is CCCC(=O)O[C@@H](C)CC(N)(Cc1ccc(OC(=O)OCC(C)CC)c(OC(=O)OCC(C)CC)c1)C(=O)O. The predicted octanol–water partition coefficient (Wildman–Crippen LogP) is 5.26. The topological polar surface area (TPSA) is 161 Å². The number of carbonyl (C=O) groups is 4. The van der Waals surface area contributed by atoms with Crippen LogP contribution >= 0.6 is 0 Å². The van der Waals surface area contributed by atoms with Crippen molar-refractivity contribution in [1.82, 2.24) is 0 Å². The van der Waals surface area contributed by atoms with E-state index in [1.54, 1.807) is 6.92 Å². The second kappa shape index (κ2) is 16.6. The number of benzene rings is 1. The first-order valence-corrected chi connectivity index (χ1v) is 13.4. The first-order chi connectivity index (χ1) is 18.3. The van der Waals surface area contributed by atoms with Crippen molar-refractivity contribution < 1.29 is 48.0 Å². The minimum Gasteiger partial charge on any atom is -0.480 e. The summed E-state index contributed by atoms with van der Waals surface area (Å²) in [6.07, 6.45) is -0.705. The zero-order valence-electron chi connectivity index (χ0n) is 23.8. The van der Waals surface area contributed by atoms with Crippen LogP contribution in [0.4, 0.5) is 9.59 Å². The van der Waals surface area contributed by atoms with Crippen molar-refractivity contribution in [2.45, 2.75) is 91.7 Å². The molecule has 11 heteroatoms. The normalized spacial score (nSPS) is 14.7. The summed E-state index contributed by atoms with van der Waals surface area (Å²) in [5.74, 6) is -1.79. The summed E-state index contributed by atoms with van der Waals surface area (Å²) in [6, 6.07) is 4.19. The molecule has 220 valence electrons. The highest BCUT2D eigenvalue weighted by Crippen LogP contribution is 2.31. The highest BCUT2D eigenvalue weighted by molar-refractivity contribution is 5.79. The molecule has 0 aliphatic rings. The van der Waals surface area contributed by atoms with Gasteiger partial charge in [0.25, 0.3) is 0 Å². The molecule has 0 aromatic heterocycles. The van der Waals surface area contributed by atoms with Crippen LogP contribution in [0.3, 0.4) is 0 Å². The first-order valence-electron chi connectivity index (χ1n) is 13.4. The van der Waals surface area contributed by atoms with Crippen LogP contribution in [-0.2, 0) is 30.2 Å². The smallest absolute Gasteiger partial charge is 0.480 e. The van der Waals surface area contributed by atoms with Gasteiger partial charge in [0.05, 0.1) is 13.2 Å². The van der Waals surface area contributed by atoms with Gasteiger partial charge >= 0.3 is 24.2 Å². The van der Waals surface area contributed by atoms with E-state index >= 15 is 0 Å². The highest BCUT2D eigenvalue weighted by atomic mass is 16.7. The second-order valence-electron chi connectivity index (χ2n) is 10.0. The van der Waals surface area contributed by atoms with E-state index in [9.17, 15) is 24.3 Å². The summed E-state index contributed by atoms with van der Waals surface area (Å²) >= 11 is 0. The van der Waals surface area contributed by atoms with Crippen molar-refractivity contribution >= 4 is 24.2 Å². The maximum Gasteiger partial charge on any atom is 0.513 e. The number of aliphatic carboxylic acids is 1. The average Bonchev–Trinajstić information content (AvgIpc) is 2.87. The molecule has 0 bridgehead atoms. The zero-order valence-corrected chi connectivity index (χ0v) is 23.8. The van der Waals surface area contributed by atoms with E-state index in [2.05, 4.69) is 0 Å². The molecule has 0 spiro atoms. The van der Waals surface area contributed by atoms with Crippen LogP contribution in [0.15, 0.2) is 18.2 Å². The fourth-order valence-electron chi connectivity index (χ4n) is 3.36. The third-order valence-corrected chi connectivity index (χ3v) is 6.14. The van der Waals surface area contributed by atoms with Gasteiger partial charge in [-0.1, -0.05) is 53.5 Å². The first kappa shape index (κ1) is 33.7. The molecule has 0 saturated heterocycles. The number of esters is 1. The van der Waals surface area contributed by atoms with Crippen LogP contribution in [0, 0.1) is 11.8 Å². The van der Waals surface area contributed by atoms with Crippen molar-refractivity contribution in [3.8, 4) is 11.5 Å². The molecule has 3 unspecified atom stereocenters. The fraction of sp³-hybridized carbons (Fsp3) is 0.643. The Morgan fingerprint density at radius 2 is 1.44 bits per heavy atom. The molecule has 0 aliphatic heterocycles. The molecule has 1 aromatic carbocycles. The lowest BCUT2D eigenvalue weighted by Gasteiger charge is -2.28. The molecule has 3 N–H and O–H groups in total.